The van der Waals surface area contributed by atoms with Crippen molar-refractivity contribution in [1.82, 2.24) is 4.90 Å². The van der Waals surface area contributed by atoms with E-state index in [1.165, 1.54) is 6.08 Å². The normalized spacial score (nSPS) is 13.9. The summed E-state index contributed by atoms with van der Waals surface area (Å²) in [4.78, 5) is 39.4. The Bertz CT molecular complexity index is 992. The average Bonchev–Trinajstić information content (AvgIpc) is 2.99. The molecule has 3 rings (SSSR count). The highest BCUT2D eigenvalue weighted by Crippen LogP contribution is 2.45. The topological polar surface area (TPSA) is 63.7 Å². The molecule has 9 heteroatoms. The molecule has 2 amide bonds. The Morgan fingerprint density at radius 1 is 0.967 bits per heavy atom. The maximum Gasteiger partial charge on any atom is 0.311 e. The Morgan fingerprint density at radius 2 is 1.50 bits per heavy atom. The number of hydrogen-bond acceptors (Lipinski definition) is 4. The zero-order valence-corrected chi connectivity index (χ0v) is 18.5. The monoisotopic (exact) mass is 485 g/mol. The third kappa shape index (κ3) is 4.21. The van der Waals surface area contributed by atoms with Crippen LogP contribution < -0.4 is 0 Å². The minimum absolute atomic E-state index is 0.00904. The Morgan fingerprint density at radius 3 is 2.00 bits per heavy atom. The van der Waals surface area contributed by atoms with E-state index in [-0.39, 0.29) is 50.8 Å². The molecule has 1 aliphatic rings. The second-order valence-corrected chi connectivity index (χ2v) is 8.04. The van der Waals surface area contributed by atoms with Gasteiger partial charge in [0.1, 0.15) is 6.61 Å². The van der Waals surface area contributed by atoms with Gasteiger partial charge in [0.05, 0.1) is 37.1 Å². The largest absolute Gasteiger partial charge is 0.461 e. The molecule has 0 aliphatic carbocycles. The summed E-state index contributed by atoms with van der Waals surface area (Å²) in [6.07, 6.45) is 1.69. The summed E-state index contributed by atoms with van der Waals surface area (Å²) in [6, 6.07) is 9.17. The van der Waals surface area contributed by atoms with Crippen LogP contribution in [0.25, 0.3) is 0 Å². The molecule has 0 radical (unpaired) electrons. The third-order valence-corrected chi connectivity index (χ3v) is 6.39. The molecular weight excluding hydrogens is 472 g/mol. The molecule has 2 aromatic rings. The van der Waals surface area contributed by atoms with Gasteiger partial charge in [-0.2, -0.15) is 0 Å². The van der Waals surface area contributed by atoms with E-state index in [1.807, 2.05) is 30.3 Å². The maximum atomic E-state index is 13.0. The van der Waals surface area contributed by atoms with E-state index in [1.54, 1.807) is 0 Å². The van der Waals surface area contributed by atoms with E-state index < -0.39 is 23.7 Å². The highest BCUT2D eigenvalue weighted by atomic mass is 35.5. The number of esters is 1. The van der Waals surface area contributed by atoms with Gasteiger partial charge in [-0.3, -0.25) is 19.3 Å². The summed E-state index contributed by atoms with van der Waals surface area (Å²) in [5.41, 5.74) is 0.592. The lowest BCUT2D eigenvalue weighted by Gasteiger charge is -2.21. The smallest absolute Gasteiger partial charge is 0.311 e. The van der Waals surface area contributed by atoms with Gasteiger partial charge in [0, 0.05) is 6.54 Å². The number of hydrogen-bond donors (Lipinski definition) is 0. The molecule has 1 atom stereocenters. The average molecular weight is 487 g/mol. The lowest BCUT2D eigenvalue weighted by Crippen LogP contribution is -2.39. The molecule has 30 heavy (non-hydrogen) atoms. The molecule has 5 nitrogen and oxygen atoms in total. The zero-order valence-electron chi connectivity index (χ0n) is 15.5. The van der Waals surface area contributed by atoms with Gasteiger partial charge in [0.25, 0.3) is 11.8 Å². The molecule has 0 spiro atoms. The predicted molar refractivity (Wildman–Crippen MR) is 117 cm³/mol. The van der Waals surface area contributed by atoms with Gasteiger partial charge in [-0.1, -0.05) is 89.4 Å². The number of carbonyl (C=O) groups excluding carboxylic acids is 3. The Labute approximate surface area is 193 Å². The van der Waals surface area contributed by atoms with Crippen molar-refractivity contribution in [2.24, 2.45) is 5.92 Å². The summed E-state index contributed by atoms with van der Waals surface area (Å²) in [5.74, 6) is -2.77. The highest BCUT2D eigenvalue weighted by molar-refractivity contribution is 6.55. The van der Waals surface area contributed by atoms with E-state index in [0.717, 1.165) is 10.5 Å². The minimum Gasteiger partial charge on any atom is -0.461 e. The van der Waals surface area contributed by atoms with Gasteiger partial charge in [-0.05, 0) is 12.0 Å². The summed E-state index contributed by atoms with van der Waals surface area (Å²) in [6.45, 7) is 3.30. The number of benzene rings is 2. The number of rotatable bonds is 7. The first-order chi connectivity index (χ1) is 14.3. The SMILES string of the molecule is C=CCOC(=O)[C@@H](Cc1ccccc1)CN1C(=O)c2c(Cl)c(Cl)c(Cl)c(Cl)c2C1=O. The fourth-order valence-electron chi connectivity index (χ4n) is 3.16. The summed E-state index contributed by atoms with van der Waals surface area (Å²) in [5, 5.41) is -0.542. The van der Waals surface area contributed by atoms with E-state index in [9.17, 15) is 14.4 Å². The van der Waals surface area contributed by atoms with Crippen molar-refractivity contribution >= 4 is 64.2 Å². The Balaban J connectivity index is 1.94. The van der Waals surface area contributed by atoms with E-state index in [0.29, 0.717) is 0 Å². The van der Waals surface area contributed by atoms with Gasteiger partial charge in [-0.25, -0.2) is 0 Å². The second kappa shape index (κ2) is 9.40. The third-order valence-electron chi connectivity index (χ3n) is 4.59. The number of ether oxygens (including phenoxy) is 1. The number of imide groups is 1. The zero-order chi connectivity index (χ0) is 22.0. The lowest BCUT2D eigenvalue weighted by molar-refractivity contribution is -0.147. The molecule has 0 unspecified atom stereocenters. The molecule has 1 aliphatic heterocycles. The lowest BCUT2D eigenvalue weighted by atomic mass is 9.98. The standard InChI is InChI=1S/C21H15Cl4NO4/c1-2-8-30-21(29)12(9-11-6-4-3-5-7-11)10-26-19(27)13-14(20(26)28)16(23)18(25)17(24)15(13)22/h2-7,12H,1,8-10H2/t12-/m0/s1. The molecule has 0 saturated heterocycles. The van der Waals surface area contributed by atoms with Crippen LogP contribution in [0.1, 0.15) is 26.3 Å². The van der Waals surface area contributed by atoms with Crippen molar-refractivity contribution in [3.05, 3.63) is 79.8 Å². The van der Waals surface area contributed by atoms with E-state index in [2.05, 4.69) is 6.58 Å². The van der Waals surface area contributed by atoms with Gasteiger partial charge in [-0.15, -0.1) is 0 Å². The second-order valence-electron chi connectivity index (χ2n) is 6.53. The van der Waals surface area contributed by atoms with Crippen LogP contribution in [0.3, 0.4) is 0 Å². The van der Waals surface area contributed by atoms with Crippen molar-refractivity contribution in [3.8, 4) is 0 Å². The van der Waals surface area contributed by atoms with Crippen LogP contribution in [0.15, 0.2) is 43.0 Å². The fourth-order valence-corrected chi connectivity index (χ4v) is 4.18. The van der Waals surface area contributed by atoms with Gasteiger partial charge in [0.2, 0.25) is 0 Å². The van der Waals surface area contributed by atoms with E-state index >= 15 is 0 Å². The van der Waals surface area contributed by atoms with Crippen LogP contribution in [0.4, 0.5) is 0 Å². The Kier molecular flexibility index (Phi) is 7.09. The Hall–Kier alpha value is -2.05. The van der Waals surface area contributed by atoms with Crippen LogP contribution in [-0.4, -0.2) is 35.8 Å². The summed E-state index contributed by atoms with van der Waals surface area (Å²) in [7, 11) is 0. The van der Waals surface area contributed by atoms with Crippen LogP contribution in [0.5, 0.6) is 0 Å². The minimum atomic E-state index is -0.807. The molecule has 2 aromatic carbocycles. The van der Waals surface area contributed by atoms with Crippen LogP contribution in [0, 0.1) is 5.92 Å². The number of halogens is 4. The van der Waals surface area contributed by atoms with Crippen LogP contribution in [0.2, 0.25) is 20.1 Å². The molecule has 0 bridgehead atoms. The molecule has 0 N–H and O–H groups in total. The summed E-state index contributed by atoms with van der Waals surface area (Å²) < 4.78 is 5.17. The predicted octanol–water partition coefficient (Wildman–Crippen LogP) is 5.48. The maximum absolute atomic E-state index is 13.0. The van der Waals surface area contributed by atoms with Crippen LogP contribution >= 0.6 is 46.4 Å². The van der Waals surface area contributed by atoms with Crippen molar-refractivity contribution in [2.75, 3.05) is 13.2 Å². The number of fused-ring (bicyclic) bond motifs is 1. The van der Waals surface area contributed by atoms with Gasteiger partial charge in [0.15, 0.2) is 0 Å². The molecular formula is C21H15Cl4NO4. The fraction of sp³-hybridized carbons (Fsp3) is 0.190. The number of nitrogens with zero attached hydrogens (tertiary/aromatic N) is 1. The summed E-state index contributed by atoms with van der Waals surface area (Å²) >= 11 is 24.4. The first-order valence-electron chi connectivity index (χ1n) is 8.81. The van der Waals surface area contributed by atoms with Crippen molar-refractivity contribution in [2.45, 2.75) is 6.42 Å². The molecule has 1 heterocycles. The van der Waals surface area contributed by atoms with Gasteiger partial charge >= 0.3 is 5.97 Å². The first kappa shape index (κ1) is 22.6. The van der Waals surface area contributed by atoms with Crippen LogP contribution in [-0.2, 0) is 16.0 Å². The van der Waals surface area contributed by atoms with Crippen molar-refractivity contribution < 1.29 is 19.1 Å². The highest BCUT2D eigenvalue weighted by Gasteiger charge is 2.43. The molecule has 156 valence electrons. The van der Waals surface area contributed by atoms with E-state index in [4.69, 9.17) is 51.1 Å². The molecule has 0 aromatic heterocycles. The van der Waals surface area contributed by atoms with Crippen molar-refractivity contribution in [1.29, 1.82) is 0 Å². The number of amides is 2. The van der Waals surface area contributed by atoms with Crippen molar-refractivity contribution in [3.63, 3.8) is 0 Å². The quantitative estimate of drug-likeness (QED) is 0.171. The molecule has 0 saturated carbocycles. The number of carbonyl (C=O) groups is 3. The molecule has 0 fully saturated rings. The first-order valence-corrected chi connectivity index (χ1v) is 10.3. The van der Waals surface area contributed by atoms with Gasteiger partial charge < -0.3 is 4.74 Å².